The molecule has 0 spiro atoms. The average Bonchev–Trinajstić information content (AvgIpc) is 2.50. The number of hydrogen-bond acceptors (Lipinski definition) is 5. The number of aliphatic carboxylic acids is 1. The molecule has 0 amide bonds. The summed E-state index contributed by atoms with van der Waals surface area (Å²) in [6.45, 7) is 12.5. The van der Waals surface area contributed by atoms with Gasteiger partial charge < -0.3 is 14.6 Å². The second kappa shape index (κ2) is 21.2. The molecular weight excluding hydrogens is 336 g/mol. The largest absolute Gasteiger partial charge is 0.481 e. The zero-order valence-corrected chi connectivity index (χ0v) is 14.2. The second-order valence-electron chi connectivity index (χ2n) is 5.39. The number of hydrogen-bond donors (Lipinski definition) is 1. The molecule has 1 unspecified atom stereocenters. The first-order valence-corrected chi connectivity index (χ1v) is 7.31. The molecule has 0 aliphatic rings. The lowest BCUT2D eigenvalue weighted by Crippen LogP contribution is -2.27. The summed E-state index contributed by atoms with van der Waals surface area (Å²) < 4.78 is 9.60. The van der Waals surface area contributed by atoms with Crippen molar-refractivity contribution >= 4 is 17.9 Å². The van der Waals surface area contributed by atoms with Crippen molar-refractivity contribution in [3.8, 4) is 0 Å². The van der Waals surface area contributed by atoms with Crippen LogP contribution in [-0.4, -0.2) is 36.2 Å². The van der Waals surface area contributed by atoms with E-state index < -0.39 is 17.4 Å². The van der Waals surface area contributed by atoms with E-state index >= 15 is 0 Å². The molecule has 0 aromatic rings. The van der Waals surface area contributed by atoms with Crippen LogP contribution in [0.1, 0.15) is 77.2 Å². The summed E-state index contributed by atoms with van der Waals surface area (Å²) in [6.07, 6.45) is 2.49. The molecule has 160 valence electrons. The Balaban J connectivity index is -0.0000000794. The van der Waals surface area contributed by atoms with Gasteiger partial charge in [0.15, 0.2) is 0 Å². The van der Waals surface area contributed by atoms with Crippen LogP contribution >= 0.6 is 0 Å². The van der Waals surface area contributed by atoms with Gasteiger partial charge in [0, 0.05) is 6.08 Å². The predicted octanol–water partition coefficient (Wildman–Crippen LogP) is 5.36. The topological polar surface area (TPSA) is 89.9 Å². The Morgan fingerprint density at radius 2 is 1.46 bits per heavy atom. The van der Waals surface area contributed by atoms with Crippen molar-refractivity contribution in [3.63, 3.8) is 0 Å². The van der Waals surface area contributed by atoms with Gasteiger partial charge in [0.1, 0.15) is 13.2 Å². The number of ether oxygens (including phenoxy) is 2. The molecule has 0 bridgehead atoms. The Labute approximate surface area is 162 Å². The monoisotopic (exact) mass is 380 g/mol. The van der Waals surface area contributed by atoms with Gasteiger partial charge in [-0.05, 0) is 26.7 Å². The van der Waals surface area contributed by atoms with Crippen LogP contribution in [0.15, 0.2) is 12.7 Å². The number of carbonyl (C=O) groups excluding carboxylic acids is 2. The highest BCUT2D eigenvalue weighted by Crippen LogP contribution is 2.21. The molecule has 0 aromatic heterocycles. The van der Waals surface area contributed by atoms with Gasteiger partial charge in [-0.2, -0.15) is 0 Å². The predicted molar refractivity (Wildman–Crippen MR) is 110 cm³/mol. The molecule has 0 radical (unpaired) electrons. The first-order valence-electron chi connectivity index (χ1n) is 7.31. The standard InChI is InChI=1S/C11H18O4.C5H10O2.4CH4/c1-5-9(12)14-7-8-15-10(13)11(3,4)6-2;1-3-4(2)5(6)7;;;;/h5H,1,6-8H2,2-4H3;4H,3H2,1-2H3,(H,6,7);4*1H4. The van der Waals surface area contributed by atoms with Gasteiger partial charge in [0.25, 0.3) is 0 Å². The summed E-state index contributed by atoms with van der Waals surface area (Å²) in [5.41, 5.74) is -0.484. The molecule has 0 aliphatic carbocycles. The molecular formula is C20H44O6. The van der Waals surface area contributed by atoms with E-state index in [2.05, 4.69) is 11.3 Å². The summed E-state index contributed by atoms with van der Waals surface area (Å²) in [4.78, 5) is 32.0. The van der Waals surface area contributed by atoms with Crippen molar-refractivity contribution in [2.45, 2.75) is 77.2 Å². The SMILES string of the molecule is C.C.C.C.C=CC(=O)OCCOC(=O)C(C)(C)CC.CCC(C)C(=O)O. The molecule has 26 heavy (non-hydrogen) atoms. The zero-order valence-electron chi connectivity index (χ0n) is 14.2. The Hall–Kier alpha value is -1.85. The number of carboxylic acids is 1. The normalized spacial score (nSPS) is 9.73. The molecule has 6 heteroatoms. The smallest absolute Gasteiger partial charge is 0.330 e. The van der Waals surface area contributed by atoms with Crippen LogP contribution in [0.25, 0.3) is 0 Å². The Kier molecular flexibility index (Phi) is 32.0. The van der Waals surface area contributed by atoms with Gasteiger partial charge >= 0.3 is 17.9 Å². The first-order chi connectivity index (χ1) is 10.1. The van der Waals surface area contributed by atoms with Gasteiger partial charge in [-0.1, -0.05) is 57.1 Å². The summed E-state index contributed by atoms with van der Waals surface area (Å²) in [5.74, 6) is -1.68. The summed E-state index contributed by atoms with van der Waals surface area (Å²) in [6, 6.07) is 0. The van der Waals surface area contributed by atoms with Crippen LogP contribution in [-0.2, 0) is 23.9 Å². The maximum atomic E-state index is 11.4. The Bertz CT molecular complexity index is 374. The third-order valence-corrected chi connectivity index (χ3v) is 3.20. The minimum atomic E-state index is -0.706. The molecule has 0 rings (SSSR count). The lowest BCUT2D eigenvalue weighted by Gasteiger charge is -2.20. The molecule has 0 aliphatic heterocycles. The third kappa shape index (κ3) is 20.2. The van der Waals surface area contributed by atoms with Crippen LogP contribution in [0.4, 0.5) is 0 Å². The quantitative estimate of drug-likeness (QED) is 0.346. The molecule has 6 nitrogen and oxygen atoms in total. The van der Waals surface area contributed by atoms with Crippen LogP contribution in [0.3, 0.4) is 0 Å². The fourth-order valence-electron chi connectivity index (χ4n) is 0.850. The van der Waals surface area contributed by atoms with Crippen LogP contribution < -0.4 is 0 Å². The summed E-state index contributed by atoms with van der Waals surface area (Å²) in [7, 11) is 0. The van der Waals surface area contributed by atoms with E-state index in [1.807, 2.05) is 27.7 Å². The zero-order chi connectivity index (χ0) is 17.8. The van der Waals surface area contributed by atoms with Crippen LogP contribution in [0.5, 0.6) is 0 Å². The Morgan fingerprint density at radius 1 is 1.04 bits per heavy atom. The maximum absolute atomic E-state index is 11.4. The number of carboxylic acid groups (broad SMARTS) is 1. The molecule has 0 heterocycles. The molecule has 1 N–H and O–H groups in total. The lowest BCUT2D eigenvalue weighted by atomic mass is 9.91. The highest BCUT2D eigenvalue weighted by atomic mass is 16.6. The van der Waals surface area contributed by atoms with Crippen molar-refractivity contribution in [3.05, 3.63) is 12.7 Å². The summed E-state index contributed by atoms with van der Waals surface area (Å²) >= 11 is 0. The van der Waals surface area contributed by atoms with Gasteiger partial charge in [0.05, 0.1) is 11.3 Å². The fourth-order valence-corrected chi connectivity index (χ4v) is 0.850. The average molecular weight is 381 g/mol. The van der Waals surface area contributed by atoms with Gasteiger partial charge in [-0.3, -0.25) is 9.59 Å². The van der Waals surface area contributed by atoms with Gasteiger partial charge in [-0.25, -0.2) is 4.79 Å². The minimum Gasteiger partial charge on any atom is -0.481 e. The van der Waals surface area contributed by atoms with E-state index in [4.69, 9.17) is 9.84 Å². The van der Waals surface area contributed by atoms with E-state index in [9.17, 15) is 14.4 Å². The van der Waals surface area contributed by atoms with Crippen molar-refractivity contribution in [2.75, 3.05) is 13.2 Å². The minimum absolute atomic E-state index is 0. The van der Waals surface area contributed by atoms with Crippen molar-refractivity contribution in [2.24, 2.45) is 11.3 Å². The lowest BCUT2D eigenvalue weighted by molar-refractivity contribution is -0.157. The van der Waals surface area contributed by atoms with Crippen molar-refractivity contribution < 1.29 is 29.0 Å². The number of esters is 2. The summed E-state index contributed by atoms with van der Waals surface area (Å²) in [5, 5.41) is 8.18. The molecule has 0 aromatic carbocycles. The van der Waals surface area contributed by atoms with Gasteiger partial charge in [-0.15, -0.1) is 0 Å². The van der Waals surface area contributed by atoms with Crippen molar-refractivity contribution in [1.29, 1.82) is 0 Å². The Morgan fingerprint density at radius 3 is 1.73 bits per heavy atom. The fraction of sp³-hybridized carbons (Fsp3) is 0.750. The molecule has 0 fully saturated rings. The van der Waals surface area contributed by atoms with E-state index in [1.165, 1.54) is 0 Å². The van der Waals surface area contributed by atoms with Crippen LogP contribution in [0, 0.1) is 11.3 Å². The van der Waals surface area contributed by atoms with Gasteiger partial charge in [0.2, 0.25) is 0 Å². The first kappa shape index (κ1) is 39.3. The molecule has 1 atom stereocenters. The van der Waals surface area contributed by atoms with Crippen molar-refractivity contribution in [1.82, 2.24) is 0 Å². The number of rotatable bonds is 8. The third-order valence-electron chi connectivity index (χ3n) is 3.20. The highest BCUT2D eigenvalue weighted by molar-refractivity contribution is 5.81. The number of carbonyl (C=O) groups is 3. The van der Waals surface area contributed by atoms with E-state index in [1.54, 1.807) is 6.92 Å². The molecule has 0 saturated heterocycles. The van der Waals surface area contributed by atoms with E-state index in [0.717, 1.165) is 12.5 Å². The highest BCUT2D eigenvalue weighted by Gasteiger charge is 2.26. The maximum Gasteiger partial charge on any atom is 0.330 e. The van der Waals surface area contributed by atoms with E-state index in [0.29, 0.717) is 6.42 Å². The van der Waals surface area contributed by atoms with E-state index in [-0.39, 0.29) is 54.8 Å². The second-order valence-corrected chi connectivity index (χ2v) is 5.39. The molecule has 0 saturated carbocycles. The van der Waals surface area contributed by atoms with Crippen LogP contribution in [0.2, 0.25) is 0 Å².